The molecule has 4 rings (SSSR count). The van der Waals surface area contributed by atoms with Crippen LogP contribution < -0.4 is 4.90 Å². The highest BCUT2D eigenvalue weighted by atomic mass is 16.3. The number of piperidine rings is 1. The van der Waals surface area contributed by atoms with Crippen LogP contribution in [0.15, 0.2) is 52.9 Å². The second kappa shape index (κ2) is 6.83. The number of carbonyl (C=O) groups excluding carboxylic acids is 1. The molecule has 2 heterocycles. The Balaban J connectivity index is 1.51. The van der Waals surface area contributed by atoms with Gasteiger partial charge in [-0.3, -0.25) is 4.79 Å². The molecule has 134 valence electrons. The number of amides is 1. The molecule has 1 atom stereocenters. The number of rotatable bonds is 3. The third-order valence-corrected chi connectivity index (χ3v) is 5.00. The second-order valence-corrected chi connectivity index (χ2v) is 7.05. The molecule has 2 aromatic carbocycles. The van der Waals surface area contributed by atoms with Crippen molar-refractivity contribution in [3.8, 4) is 0 Å². The molecule has 26 heavy (non-hydrogen) atoms. The Bertz CT molecular complexity index is 881. The molecule has 1 aromatic heterocycles. The van der Waals surface area contributed by atoms with Crippen molar-refractivity contribution >= 4 is 22.7 Å². The second-order valence-electron chi connectivity index (χ2n) is 7.05. The lowest BCUT2D eigenvalue weighted by atomic mass is 9.97. The van der Waals surface area contributed by atoms with Crippen molar-refractivity contribution in [2.75, 3.05) is 32.1 Å². The Morgan fingerprint density at radius 2 is 1.92 bits per heavy atom. The average Bonchev–Trinajstić information content (AvgIpc) is 3.12. The molecule has 1 saturated heterocycles. The van der Waals surface area contributed by atoms with E-state index in [1.54, 1.807) is 0 Å². The summed E-state index contributed by atoms with van der Waals surface area (Å²) in [5.74, 6) is 0.976. The van der Waals surface area contributed by atoms with Gasteiger partial charge >= 0.3 is 0 Å². The summed E-state index contributed by atoms with van der Waals surface area (Å²) in [5.41, 5.74) is 3.51. The molecule has 0 unspecified atom stereocenters. The lowest BCUT2D eigenvalue weighted by Crippen LogP contribution is -2.39. The van der Waals surface area contributed by atoms with Gasteiger partial charge in [0.1, 0.15) is 5.52 Å². The highest BCUT2D eigenvalue weighted by Crippen LogP contribution is 2.29. The zero-order valence-corrected chi connectivity index (χ0v) is 15.2. The van der Waals surface area contributed by atoms with Crippen molar-refractivity contribution in [1.82, 2.24) is 9.88 Å². The lowest BCUT2D eigenvalue weighted by molar-refractivity contribution is 0.0699. The predicted octanol–water partition coefficient (Wildman–Crippen LogP) is 3.91. The third kappa shape index (κ3) is 3.17. The number of fused-ring (bicyclic) bond motifs is 1. The van der Waals surface area contributed by atoms with Gasteiger partial charge in [0.15, 0.2) is 11.5 Å². The summed E-state index contributed by atoms with van der Waals surface area (Å²) in [6.45, 7) is 1.44. The molecule has 0 saturated carbocycles. The maximum atomic E-state index is 12.9. The van der Waals surface area contributed by atoms with Crippen LogP contribution in [0.25, 0.3) is 11.1 Å². The van der Waals surface area contributed by atoms with Crippen molar-refractivity contribution in [2.45, 2.75) is 18.8 Å². The summed E-state index contributed by atoms with van der Waals surface area (Å²) in [6, 6.07) is 15.6. The van der Waals surface area contributed by atoms with Gasteiger partial charge in [-0.2, -0.15) is 0 Å². The van der Waals surface area contributed by atoms with Crippen LogP contribution in [0.4, 0.5) is 5.69 Å². The van der Waals surface area contributed by atoms with Crippen molar-refractivity contribution in [1.29, 1.82) is 0 Å². The smallest absolute Gasteiger partial charge is 0.253 e. The summed E-state index contributed by atoms with van der Waals surface area (Å²) in [6.07, 6.45) is 1.96. The monoisotopic (exact) mass is 349 g/mol. The number of hydrogen-bond acceptors (Lipinski definition) is 4. The fourth-order valence-corrected chi connectivity index (χ4v) is 3.51. The number of likely N-dealkylation sites (tertiary alicyclic amines) is 1. The largest absolute Gasteiger partial charge is 0.440 e. The first-order valence-corrected chi connectivity index (χ1v) is 9.04. The highest BCUT2D eigenvalue weighted by molar-refractivity contribution is 5.94. The summed E-state index contributed by atoms with van der Waals surface area (Å²) in [4.78, 5) is 21.5. The van der Waals surface area contributed by atoms with Crippen molar-refractivity contribution < 1.29 is 9.21 Å². The van der Waals surface area contributed by atoms with E-state index in [0.29, 0.717) is 6.54 Å². The summed E-state index contributed by atoms with van der Waals surface area (Å²) in [7, 11) is 3.98. The molecule has 1 aliphatic rings. The average molecular weight is 349 g/mol. The van der Waals surface area contributed by atoms with Gasteiger partial charge in [-0.25, -0.2) is 4.98 Å². The standard InChI is InChI=1S/C21H23N3O2/c1-23(2)17-11-9-15(10-12-17)21(25)24-13-5-6-16(14-24)20-22-18-7-3-4-8-19(18)26-20/h3-4,7-12,16H,5-6,13-14H2,1-2H3/t16-/m0/s1. The molecule has 1 aliphatic heterocycles. The maximum Gasteiger partial charge on any atom is 0.253 e. The summed E-state index contributed by atoms with van der Waals surface area (Å²) < 4.78 is 5.93. The Kier molecular flexibility index (Phi) is 4.37. The minimum absolute atomic E-state index is 0.0797. The van der Waals surface area contributed by atoms with Crippen LogP contribution in [0.5, 0.6) is 0 Å². The van der Waals surface area contributed by atoms with Crippen LogP contribution in [0.2, 0.25) is 0 Å². The minimum atomic E-state index is 0.0797. The number of para-hydroxylation sites is 2. The van der Waals surface area contributed by atoms with Crippen LogP contribution in [-0.2, 0) is 0 Å². The SMILES string of the molecule is CN(C)c1ccc(C(=O)N2CCC[C@H](c3nc4ccccc4o3)C2)cc1. The van der Waals surface area contributed by atoms with E-state index in [1.807, 2.05) is 72.4 Å². The number of benzene rings is 2. The molecule has 0 radical (unpaired) electrons. The maximum absolute atomic E-state index is 12.9. The first-order chi connectivity index (χ1) is 12.6. The molecule has 3 aromatic rings. The molecule has 0 bridgehead atoms. The van der Waals surface area contributed by atoms with E-state index in [9.17, 15) is 4.79 Å². The van der Waals surface area contributed by atoms with Gasteiger partial charge in [0, 0.05) is 38.4 Å². The van der Waals surface area contributed by atoms with Gasteiger partial charge < -0.3 is 14.2 Å². The molecular formula is C21H23N3O2. The highest BCUT2D eigenvalue weighted by Gasteiger charge is 2.28. The fourth-order valence-electron chi connectivity index (χ4n) is 3.51. The van der Waals surface area contributed by atoms with Gasteiger partial charge in [0.05, 0.1) is 5.92 Å². The third-order valence-electron chi connectivity index (χ3n) is 5.00. The van der Waals surface area contributed by atoms with Gasteiger partial charge in [0.25, 0.3) is 5.91 Å². The van der Waals surface area contributed by atoms with Crippen LogP contribution in [0.3, 0.4) is 0 Å². The van der Waals surface area contributed by atoms with Crippen molar-refractivity contribution in [3.63, 3.8) is 0 Å². The van der Waals surface area contributed by atoms with Crippen LogP contribution >= 0.6 is 0 Å². The van der Waals surface area contributed by atoms with E-state index in [1.165, 1.54) is 0 Å². The van der Waals surface area contributed by atoms with Gasteiger partial charge in [-0.1, -0.05) is 12.1 Å². The predicted molar refractivity (Wildman–Crippen MR) is 103 cm³/mol. The first-order valence-electron chi connectivity index (χ1n) is 9.04. The summed E-state index contributed by atoms with van der Waals surface area (Å²) in [5, 5.41) is 0. The first kappa shape index (κ1) is 16.6. The number of aromatic nitrogens is 1. The molecule has 0 spiro atoms. The van der Waals surface area contributed by atoms with E-state index in [-0.39, 0.29) is 11.8 Å². The number of hydrogen-bond donors (Lipinski definition) is 0. The quantitative estimate of drug-likeness (QED) is 0.719. The normalized spacial score (nSPS) is 17.5. The number of nitrogens with zero attached hydrogens (tertiary/aromatic N) is 3. The van der Waals surface area contributed by atoms with E-state index in [2.05, 4.69) is 4.98 Å². The van der Waals surface area contributed by atoms with Crippen LogP contribution in [0, 0.1) is 0 Å². The molecule has 1 amide bonds. The van der Waals surface area contributed by atoms with Gasteiger partial charge in [0.2, 0.25) is 0 Å². The van der Waals surface area contributed by atoms with Crippen LogP contribution in [0.1, 0.15) is 35.0 Å². The van der Waals surface area contributed by atoms with E-state index >= 15 is 0 Å². The Morgan fingerprint density at radius 3 is 2.65 bits per heavy atom. The zero-order valence-electron chi connectivity index (χ0n) is 15.2. The van der Waals surface area contributed by atoms with E-state index < -0.39 is 0 Å². The number of carbonyl (C=O) groups is 1. The van der Waals surface area contributed by atoms with Crippen molar-refractivity contribution in [2.24, 2.45) is 0 Å². The molecule has 1 fully saturated rings. The van der Waals surface area contributed by atoms with E-state index in [4.69, 9.17) is 4.42 Å². The Morgan fingerprint density at radius 1 is 1.15 bits per heavy atom. The summed E-state index contributed by atoms with van der Waals surface area (Å²) >= 11 is 0. The molecule has 0 aliphatic carbocycles. The fraction of sp³-hybridized carbons (Fsp3) is 0.333. The molecule has 5 heteroatoms. The van der Waals surface area contributed by atoms with Gasteiger partial charge in [-0.05, 0) is 49.2 Å². The Hall–Kier alpha value is -2.82. The van der Waals surface area contributed by atoms with E-state index in [0.717, 1.165) is 47.6 Å². The Labute approximate surface area is 153 Å². The molecule has 0 N–H and O–H groups in total. The number of oxazole rings is 1. The van der Waals surface area contributed by atoms with Gasteiger partial charge in [-0.15, -0.1) is 0 Å². The van der Waals surface area contributed by atoms with Crippen LogP contribution in [-0.4, -0.2) is 43.0 Å². The molecular weight excluding hydrogens is 326 g/mol. The van der Waals surface area contributed by atoms with Crippen molar-refractivity contribution in [3.05, 3.63) is 60.0 Å². The zero-order chi connectivity index (χ0) is 18.1. The number of anilines is 1. The topological polar surface area (TPSA) is 49.6 Å². The lowest BCUT2D eigenvalue weighted by Gasteiger charge is -2.31. The molecule has 5 nitrogen and oxygen atoms in total. The minimum Gasteiger partial charge on any atom is -0.440 e.